The number of allylic oxidation sites excluding steroid dienone is 1. The third-order valence-corrected chi connectivity index (χ3v) is 4.08. The van der Waals surface area contributed by atoms with E-state index in [1.807, 2.05) is 0 Å². The Balaban J connectivity index is 2.18. The fourth-order valence-electron chi connectivity index (χ4n) is 2.88. The number of rotatable bonds is 2. The van der Waals surface area contributed by atoms with Gasteiger partial charge < -0.3 is 5.73 Å². The molecule has 2 N–H and O–H groups in total. The monoisotopic (exact) mass is 183 g/mol. The van der Waals surface area contributed by atoms with Crippen LogP contribution < -0.4 is 5.73 Å². The minimum atomic E-state index is -0.898. The number of halogens is 1. The molecule has 1 nitrogen and oxygen atoms in total. The van der Waals surface area contributed by atoms with Crippen molar-refractivity contribution in [2.45, 2.75) is 32.9 Å². The highest BCUT2D eigenvalue weighted by Crippen LogP contribution is 2.59. The summed E-state index contributed by atoms with van der Waals surface area (Å²) in [6.07, 6.45) is 3.42. The molecule has 1 saturated carbocycles. The topological polar surface area (TPSA) is 26.0 Å². The van der Waals surface area contributed by atoms with Gasteiger partial charge in [0.25, 0.3) is 0 Å². The average molecular weight is 183 g/mol. The van der Waals surface area contributed by atoms with Crippen molar-refractivity contribution in [3.63, 3.8) is 0 Å². The van der Waals surface area contributed by atoms with E-state index in [-0.39, 0.29) is 6.54 Å². The molecule has 74 valence electrons. The van der Waals surface area contributed by atoms with Crippen molar-refractivity contribution >= 4 is 0 Å². The molecule has 3 aliphatic rings. The lowest BCUT2D eigenvalue weighted by Crippen LogP contribution is -2.50. The first-order valence-corrected chi connectivity index (χ1v) is 5.11. The minimum absolute atomic E-state index is 0.142. The van der Waals surface area contributed by atoms with Crippen LogP contribution in [0.3, 0.4) is 0 Å². The van der Waals surface area contributed by atoms with Crippen LogP contribution in [0.25, 0.3) is 0 Å². The normalized spacial score (nSPS) is 37.7. The Morgan fingerprint density at radius 3 is 2.85 bits per heavy atom. The van der Waals surface area contributed by atoms with Crippen LogP contribution in [-0.4, -0.2) is 12.7 Å². The van der Waals surface area contributed by atoms with Gasteiger partial charge in [-0.25, -0.2) is 4.39 Å². The number of fused-ring (bicyclic) bond motifs is 1. The Morgan fingerprint density at radius 1 is 1.69 bits per heavy atom. The highest BCUT2D eigenvalue weighted by atomic mass is 19.1. The molecule has 0 heterocycles. The molecule has 0 radical (unpaired) electrons. The second-order valence-electron chi connectivity index (χ2n) is 4.95. The van der Waals surface area contributed by atoms with Gasteiger partial charge in [0.05, 0.1) is 0 Å². The summed E-state index contributed by atoms with van der Waals surface area (Å²) in [4.78, 5) is 0. The van der Waals surface area contributed by atoms with Crippen LogP contribution in [0.15, 0.2) is 11.6 Å². The van der Waals surface area contributed by atoms with E-state index < -0.39 is 6.17 Å². The van der Waals surface area contributed by atoms with Gasteiger partial charge in [-0.2, -0.15) is 0 Å². The summed E-state index contributed by atoms with van der Waals surface area (Å²) in [6.45, 7) is 4.65. The zero-order valence-corrected chi connectivity index (χ0v) is 8.39. The molecule has 3 unspecified atom stereocenters. The minimum Gasteiger partial charge on any atom is -0.327 e. The third kappa shape index (κ3) is 1.15. The maximum Gasteiger partial charge on any atom is 0.134 e. The van der Waals surface area contributed by atoms with Crippen LogP contribution in [0.2, 0.25) is 0 Å². The van der Waals surface area contributed by atoms with Crippen LogP contribution in [0.5, 0.6) is 0 Å². The van der Waals surface area contributed by atoms with Crippen LogP contribution >= 0.6 is 0 Å². The lowest BCUT2D eigenvalue weighted by Gasteiger charge is -2.56. The smallest absolute Gasteiger partial charge is 0.134 e. The zero-order valence-electron chi connectivity index (χ0n) is 8.39. The van der Waals surface area contributed by atoms with Gasteiger partial charge in [0.15, 0.2) is 0 Å². The van der Waals surface area contributed by atoms with Crippen molar-refractivity contribution in [2.24, 2.45) is 23.0 Å². The molecule has 2 heteroatoms. The van der Waals surface area contributed by atoms with E-state index in [0.717, 1.165) is 17.9 Å². The Morgan fingerprint density at radius 2 is 2.38 bits per heavy atom. The summed E-state index contributed by atoms with van der Waals surface area (Å²) in [5.41, 5.74) is 6.66. The molecule has 1 fully saturated rings. The zero-order chi connectivity index (χ0) is 9.64. The second kappa shape index (κ2) is 2.81. The molecule has 3 aliphatic carbocycles. The van der Waals surface area contributed by atoms with Crippen LogP contribution in [-0.2, 0) is 0 Å². The van der Waals surface area contributed by atoms with Crippen molar-refractivity contribution in [3.8, 4) is 0 Å². The van der Waals surface area contributed by atoms with E-state index in [1.165, 1.54) is 6.42 Å². The van der Waals surface area contributed by atoms with Gasteiger partial charge in [0.2, 0.25) is 0 Å². The van der Waals surface area contributed by atoms with E-state index in [1.54, 1.807) is 0 Å². The van der Waals surface area contributed by atoms with Crippen molar-refractivity contribution in [1.82, 2.24) is 0 Å². The fourth-order valence-corrected chi connectivity index (χ4v) is 2.88. The van der Waals surface area contributed by atoms with Crippen molar-refractivity contribution in [2.75, 3.05) is 6.54 Å². The van der Waals surface area contributed by atoms with Gasteiger partial charge in [-0.15, -0.1) is 0 Å². The van der Waals surface area contributed by atoms with Gasteiger partial charge in [0.1, 0.15) is 6.17 Å². The van der Waals surface area contributed by atoms with Gasteiger partial charge >= 0.3 is 0 Å². The van der Waals surface area contributed by atoms with Crippen LogP contribution in [0, 0.1) is 17.3 Å². The van der Waals surface area contributed by atoms with Gasteiger partial charge in [0, 0.05) is 6.54 Å². The summed E-state index contributed by atoms with van der Waals surface area (Å²) in [7, 11) is 0. The lowest BCUT2D eigenvalue weighted by atomic mass is 9.48. The average Bonchev–Trinajstić information content (AvgIpc) is 2.16. The summed E-state index contributed by atoms with van der Waals surface area (Å²) in [6, 6.07) is 0. The molecule has 0 amide bonds. The van der Waals surface area contributed by atoms with Gasteiger partial charge in [-0.1, -0.05) is 19.9 Å². The second-order valence-corrected chi connectivity index (χ2v) is 4.95. The van der Waals surface area contributed by atoms with Crippen molar-refractivity contribution < 1.29 is 4.39 Å². The van der Waals surface area contributed by atoms with Gasteiger partial charge in [-0.05, 0) is 35.7 Å². The summed E-state index contributed by atoms with van der Waals surface area (Å²) in [5, 5.41) is 0. The molecule has 0 aromatic heterocycles. The van der Waals surface area contributed by atoms with Crippen LogP contribution in [0.4, 0.5) is 4.39 Å². The molecule has 0 spiro atoms. The number of hydrogen-bond donors (Lipinski definition) is 1. The van der Waals surface area contributed by atoms with Crippen molar-refractivity contribution in [1.29, 1.82) is 0 Å². The largest absolute Gasteiger partial charge is 0.327 e. The summed E-state index contributed by atoms with van der Waals surface area (Å²) < 4.78 is 13.4. The first-order chi connectivity index (χ1) is 6.07. The van der Waals surface area contributed by atoms with E-state index >= 15 is 0 Å². The quantitative estimate of drug-likeness (QED) is 0.653. The first-order valence-electron chi connectivity index (χ1n) is 5.11. The Labute approximate surface area is 79.2 Å². The van der Waals surface area contributed by atoms with E-state index in [4.69, 9.17) is 5.73 Å². The SMILES string of the molecule is CC1(C)C2CC=C(C(F)CN)C1C2. The molecule has 0 aliphatic heterocycles. The predicted octanol–water partition coefficient (Wildman–Crippen LogP) is 2.28. The van der Waals surface area contributed by atoms with E-state index in [0.29, 0.717) is 11.3 Å². The maximum atomic E-state index is 13.4. The molecular formula is C11H18FN. The molecule has 3 rings (SSSR count). The molecule has 0 saturated heterocycles. The Hall–Kier alpha value is -0.370. The highest BCUT2D eigenvalue weighted by molar-refractivity contribution is 5.26. The summed E-state index contributed by atoms with van der Waals surface area (Å²) in [5.74, 6) is 1.25. The first kappa shape index (κ1) is 9.20. The predicted molar refractivity (Wildman–Crippen MR) is 52.0 cm³/mol. The fraction of sp³-hybridized carbons (Fsp3) is 0.818. The summed E-state index contributed by atoms with van der Waals surface area (Å²) >= 11 is 0. The highest BCUT2D eigenvalue weighted by Gasteiger charge is 2.52. The van der Waals surface area contributed by atoms with E-state index in [2.05, 4.69) is 19.9 Å². The Bertz CT molecular complexity index is 244. The molecular weight excluding hydrogens is 165 g/mol. The van der Waals surface area contributed by atoms with Crippen molar-refractivity contribution in [3.05, 3.63) is 11.6 Å². The molecule has 13 heavy (non-hydrogen) atoms. The van der Waals surface area contributed by atoms with Gasteiger partial charge in [-0.3, -0.25) is 0 Å². The maximum absolute atomic E-state index is 13.4. The standard InChI is InChI=1S/C11H18FN/c1-11(2)7-3-4-8(9(11)5-7)10(12)6-13/h4,7,9-10H,3,5-6,13H2,1-2H3. The molecule has 3 atom stereocenters. The Kier molecular flexibility index (Phi) is 1.99. The number of alkyl halides is 1. The third-order valence-electron chi connectivity index (χ3n) is 4.08. The number of hydrogen-bond acceptors (Lipinski definition) is 1. The molecule has 0 aromatic rings. The number of nitrogens with two attached hydrogens (primary N) is 1. The molecule has 0 aromatic carbocycles. The van der Waals surface area contributed by atoms with E-state index in [9.17, 15) is 4.39 Å². The lowest BCUT2D eigenvalue weighted by molar-refractivity contribution is -0.0145. The van der Waals surface area contributed by atoms with Crippen LogP contribution in [0.1, 0.15) is 26.7 Å². The molecule has 2 bridgehead atoms.